The molecule has 0 saturated heterocycles. The van der Waals surface area contributed by atoms with Crippen molar-refractivity contribution in [2.45, 2.75) is 89.4 Å². The minimum atomic E-state index is -1.78. The molecule has 41 heavy (non-hydrogen) atoms. The molecule has 5 rings (SSSR count). The summed E-state index contributed by atoms with van der Waals surface area (Å²) in [4.78, 5) is 51.2. The number of amides is 1. The van der Waals surface area contributed by atoms with Crippen LogP contribution in [-0.2, 0) is 30.3 Å². The van der Waals surface area contributed by atoms with Gasteiger partial charge in [0, 0.05) is 18.3 Å². The Balaban J connectivity index is 1.31. The van der Waals surface area contributed by atoms with E-state index in [-0.39, 0.29) is 54.0 Å². The topological polar surface area (TPSA) is 150 Å². The third-order valence-corrected chi connectivity index (χ3v) is 11.0. The molecule has 1 aromatic carbocycles. The van der Waals surface area contributed by atoms with Crippen LogP contribution in [0, 0.1) is 28.6 Å². The van der Waals surface area contributed by atoms with Crippen molar-refractivity contribution in [1.82, 2.24) is 5.32 Å². The average Bonchev–Trinajstić information content (AvgIpc) is 3.20. The van der Waals surface area contributed by atoms with Gasteiger partial charge in [0.1, 0.15) is 17.4 Å². The van der Waals surface area contributed by atoms with E-state index in [1.807, 2.05) is 6.92 Å². The van der Waals surface area contributed by atoms with E-state index in [1.54, 1.807) is 18.2 Å². The highest BCUT2D eigenvalue weighted by Gasteiger charge is 2.68. The van der Waals surface area contributed by atoms with Crippen LogP contribution in [0.5, 0.6) is 5.75 Å². The molecular weight excluding hydrogens is 526 g/mol. The number of carbonyl (C=O) groups is 4. The lowest BCUT2D eigenvalue weighted by Crippen LogP contribution is -2.62. The number of carbonyl (C=O) groups excluding carboxylic acids is 4. The van der Waals surface area contributed by atoms with Gasteiger partial charge in [-0.25, -0.2) is 4.79 Å². The number of esters is 1. The van der Waals surface area contributed by atoms with Gasteiger partial charge in [0.15, 0.2) is 11.6 Å². The zero-order valence-corrected chi connectivity index (χ0v) is 24.0. The Morgan fingerprint density at radius 2 is 1.80 bits per heavy atom. The smallest absolute Gasteiger partial charge is 0.328 e. The molecule has 0 aromatic heterocycles. The Kier molecular flexibility index (Phi) is 7.66. The van der Waals surface area contributed by atoms with Crippen molar-refractivity contribution in [2.24, 2.45) is 28.6 Å². The first-order valence-corrected chi connectivity index (χ1v) is 14.6. The van der Waals surface area contributed by atoms with E-state index in [4.69, 9.17) is 4.74 Å². The number of hydrogen-bond acceptors (Lipinski definition) is 8. The van der Waals surface area contributed by atoms with Crippen molar-refractivity contribution in [2.75, 3.05) is 7.11 Å². The van der Waals surface area contributed by atoms with Crippen molar-refractivity contribution in [3.8, 4) is 5.75 Å². The van der Waals surface area contributed by atoms with Gasteiger partial charge >= 0.3 is 5.97 Å². The minimum Gasteiger partial charge on any atom is -0.508 e. The molecule has 1 aromatic rings. The van der Waals surface area contributed by atoms with E-state index in [0.29, 0.717) is 24.8 Å². The molecule has 3 fully saturated rings. The molecule has 0 heterocycles. The summed E-state index contributed by atoms with van der Waals surface area (Å²) in [5.41, 5.74) is -1.16. The van der Waals surface area contributed by atoms with Crippen LogP contribution in [0.2, 0.25) is 0 Å². The second-order valence-corrected chi connectivity index (χ2v) is 13.1. The quantitative estimate of drug-likeness (QED) is 0.290. The summed E-state index contributed by atoms with van der Waals surface area (Å²) >= 11 is 0. The maximum absolute atomic E-state index is 13.7. The highest BCUT2D eigenvalue weighted by molar-refractivity contribution is 6.03. The van der Waals surface area contributed by atoms with Crippen molar-refractivity contribution < 1.29 is 39.2 Å². The van der Waals surface area contributed by atoms with Gasteiger partial charge in [-0.3, -0.25) is 14.4 Å². The number of ketones is 2. The molecule has 222 valence electrons. The number of rotatable bonds is 7. The summed E-state index contributed by atoms with van der Waals surface area (Å²) < 4.78 is 4.85. The van der Waals surface area contributed by atoms with Crippen LogP contribution in [0.4, 0.5) is 0 Å². The second-order valence-electron chi connectivity index (χ2n) is 13.1. The highest BCUT2D eigenvalue weighted by Crippen LogP contribution is 2.67. The fraction of sp³-hybridized carbons (Fsp3) is 0.625. The standard InChI is InChI=1S/C32H41NO8/c1-30-12-10-21(35)15-19(30)6-9-22-23-11-13-32(40,31(23,2)17-25(36)28(22)30)26(37)16-27(38)33-24(29(39)41-3)14-18-4-7-20(34)8-5-18/h4-5,7-8,15,22-25,28,34,36,40H,6,9-14,16-17H2,1-3H3,(H,33,38)/t22-,23-,24?,25?,28+,30-,31-,32-/m0/s1. The number of ether oxygens (including phenoxy) is 1. The molecule has 0 aliphatic heterocycles. The molecule has 0 bridgehead atoms. The number of benzene rings is 1. The third-order valence-electron chi connectivity index (χ3n) is 11.0. The number of aliphatic hydroxyl groups is 2. The number of phenols is 1. The first-order valence-electron chi connectivity index (χ1n) is 14.6. The third kappa shape index (κ3) is 4.91. The highest BCUT2D eigenvalue weighted by atomic mass is 16.5. The normalized spacial score (nSPS) is 36.7. The molecule has 8 atom stereocenters. The number of nitrogens with one attached hydrogen (secondary N) is 1. The number of Topliss-reactive ketones (excluding diaryl/α,β-unsaturated/α-hetero) is 1. The zero-order valence-electron chi connectivity index (χ0n) is 24.0. The van der Waals surface area contributed by atoms with E-state index in [9.17, 15) is 34.5 Å². The lowest BCUT2D eigenvalue weighted by atomic mass is 9.45. The van der Waals surface area contributed by atoms with Crippen LogP contribution in [0.3, 0.4) is 0 Å². The number of hydrogen-bond donors (Lipinski definition) is 4. The Morgan fingerprint density at radius 1 is 1.10 bits per heavy atom. The summed E-state index contributed by atoms with van der Waals surface area (Å²) in [6.45, 7) is 4.03. The lowest BCUT2D eigenvalue weighted by Gasteiger charge is -2.60. The lowest BCUT2D eigenvalue weighted by molar-refractivity contribution is -0.181. The van der Waals surface area contributed by atoms with Crippen molar-refractivity contribution in [1.29, 1.82) is 0 Å². The SMILES string of the molecule is COC(=O)C(Cc1ccc(O)cc1)NC(=O)CC(=O)[C@@]1(O)CC[C@H]2[C@@H]3CCC4=CC(=O)CC[C@]4(C)[C@H]3C(O)C[C@@]21C. The van der Waals surface area contributed by atoms with Crippen LogP contribution in [-0.4, -0.2) is 63.6 Å². The molecule has 1 amide bonds. The molecule has 4 aliphatic carbocycles. The number of aromatic hydroxyl groups is 1. The van der Waals surface area contributed by atoms with Crippen molar-refractivity contribution in [3.63, 3.8) is 0 Å². The Hall–Kier alpha value is -3.04. The number of aliphatic hydroxyl groups excluding tert-OH is 1. The van der Waals surface area contributed by atoms with E-state index in [0.717, 1.165) is 18.4 Å². The van der Waals surface area contributed by atoms with Crippen LogP contribution >= 0.6 is 0 Å². The fourth-order valence-corrected chi connectivity index (χ4v) is 8.89. The van der Waals surface area contributed by atoms with Gasteiger partial charge < -0.3 is 25.4 Å². The predicted molar refractivity (Wildman–Crippen MR) is 148 cm³/mol. The first kappa shape index (κ1) is 29.5. The fourth-order valence-electron chi connectivity index (χ4n) is 8.89. The average molecular weight is 568 g/mol. The Bertz CT molecular complexity index is 1270. The van der Waals surface area contributed by atoms with Gasteiger partial charge in [-0.2, -0.15) is 0 Å². The molecular formula is C32H41NO8. The summed E-state index contributed by atoms with van der Waals surface area (Å²) in [6, 6.07) is 5.16. The van der Waals surface area contributed by atoms with Gasteiger partial charge in [-0.1, -0.05) is 31.6 Å². The van der Waals surface area contributed by atoms with E-state index < -0.39 is 47.2 Å². The summed E-state index contributed by atoms with van der Waals surface area (Å²) in [6.07, 6.45) is 4.34. The van der Waals surface area contributed by atoms with Gasteiger partial charge in [0.25, 0.3) is 0 Å². The predicted octanol–water partition coefficient (Wildman–Crippen LogP) is 2.79. The summed E-state index contributed by atoms with van der Waals surface area (Å²) in [5.74, 6) is -1.70. The largest absolute Gasteiger partial charge is 0.508 e. The molecule has 0 radical (unpaired) electrons. The molecule has 0 spiro atoms. The van der Waals surface area contributed by atoms with Crippen LogP contribution in [0.1, 0.15) is 70.8 Å². The molecule has 9 nitrogen and oxygen atoms in total. The molecule has 2 unspecified atom stereocenters. The maximum atomic E-state index is 13.7. The maximum Gasteiger partial charge on any atom is 0.328 e. The van der Waals surface area contributed by atoms with Crippen LogP contribution < -0.4 is 5.32 Å². The first-order chi connectivity index (χ1) is 19.3. The second kappa shape index (κ2) is 10.7. The van der Waals surface area contributed by atoms with Crippen LogP contribution in [0.25, 0.3) is 0 Å². The van der Waals surface area contributed by atoms with Crippen molar-refractivity contribution >= 4 is 23.4 Å². The molecule has 3 saturated carbocycles. The zero-order chi connectivity index (χ0) is 29.7. The minimum absolute atomic E-state index is 0.00114. The number of fused-ring (bicyclic) bond motifs is 5. The molecule has 9 heteroatoms. The van der Waals surface area contributed by atoms with E-state index in [1.165, 1.54) is 19.2 Å². The van der Waals surface area contributed by atoms with Crippen molar-refractivity contribution in [3.05, 3.63) is 41.5 Å². The molecule has 4 aliphatic rings. The van der Waals surface area contributed by atoms with E-state index in [2.05, 4.69) is 12.2 Å². The van der Waals surface area contributed by atoms with Gasteiger partial charge in [-0.05, 0) is 85.5 Å². The van der Waals surface area contributed by atoms with Gasteiger partial charge in [-0.15, -0.1) is 0 Å². The van der Waals surface area contributed by atoms with Gasteiger partial charge in [0.2, 0.25) is 5.91 Å². The Morgan fingerprint density at radius 3 is 2.49 bits per heavy atom. The summed E-state index contributed by atoms with van der Waals surface area (Å²) in [7, 11) is 1.21. The monoisotopic (exact) mass is 567 g/mol. The molecule has 4 N–H and O–H groups in total. The van der Waals surface area contributed by atoms with E-state index >= 15 is 0 Å². The number of methoxy groups -OCH3 is 1. The number of allylic oxidation sites excluding steroid dienone is 1. The van der Waals surface area contributed by atoms with Gasteiger partial charge in [0.05, 0.1) is 19.6 Å². The number of phenolic OH excluding ortho intramolecular Hbond substituents is 1. The summed E-state index contributed by atoms with van der Waals surface area (Å²) in [5, 5.41) is 35.6. The Labute approximate surface area is 240 Å². The van der Waals surface area contributed by atoms with Crippen LogP contribution in [0.15, 0.2) is 35.9 Å².